The quantitative estimate of drug-likeness (QED) is 0.635. The van der Waals surface area contributed by atoms with Crippen molar-refractivity contribution in [1.29, 1.82) is 0 Å². The van der Waals surface area contributed by atoms with Gasteiger partial charge in [0.1, 0.15) is 0 Å². The highest BCUT2D eigenvalue weighted by molar-refractivity contribution is 5.96. The molecule has 1 heterocycles. The summed E-state index contributed by atoms with van der Waals surface area (Å²) in [5, 5.41) is 11.7. The van der Waals surface area contributed by atoms with Gasteiger partial charge in [0.15, 0.2) is 0 Å². The number of carbonyl (C=O) groups excluding carboxylic acids is 2. The van der Waals surface area contributed by atoms with Crippen molar-refractivity contribution in [2.45, 2.75) is 39.5 Å². The van der Waals surface area contributed by atoms with E-state index in [1.807, 2.05) is 19.9 Å². The first-order chi connectivity index (χ1) is 12.5. The fraction of sp³-hybridized carbons (Fsp3) is 0.300. The first-order valence-electron chi connectivity index (χ1n) is 8.78. The highest BCUT2D eigenvalue weighted by atomic mass is 35.5. The predicted molar refractivity (Wildman–Crippen MR) is 109 cm³/mol. The van der Waals surface area contributed by atoms with Crippen molar-refractivity contribution in [2.75, 3.05) is 5.32 Å². The number of urea groups is 1. The Kier molecular flexibility index (Phi) is 7.21. The number of hydrogen-bond acceptors (Lipinski definition) is 3. The minimum atomic E-state index is -0.288. The first kappa shape index (κ1) is 20.7. The highest BCUT2D eigenvalue weighted by Crippen LogP contribution is 2.17. The van der Waals surface area contributed by atoms with Crippen LogP contribution < -0.4 is 21.3 Å². The molecule has 0 aliphatic carbocycles. The van der Waals surface area contributed by atoms with Crippen molar-refractivity contribution >= 4 is 30.0 Å². The van der Waals surface area contributed by atoms with Gasteiger partial charge in [-0.2, -0.15) is 0 Å². The molecule has 0 bridgehead atoms. The lowest BCUT2D eigenvalue weighted by Gasteiger charge is -2.11. The number of benzene rings is 2. The standard InChI is InChI=1S/C20H24N4O2.ClH/c1-13(2)23-20(26)24-18-5-3-4-15(9-18)19(25)22-10-14-6-7-16-11-21-12-17(16)8-14;/h3-9,13,21H,10-12H2,1-2H3,(H,22,25)(H2,23,24,26);1H. The summed E-state index contributed by atoms with van der Waals surface area (Å²) in [5.41, 5.74) is 4.78. The van der Waals surface area contributed by atoms with Crippen LogP contribution in [0.4, 0.5) is 10.5 Å². The molecule has 0 spiro atoms. The summed E-state index contributed by atoms with van der Waals surface area (Å²) in [7, 11) is 0. The van der Waals surface area contributed by atoms with E-state index < -0.39 is 0 Å². The average Bonchev–Trinajstić information content (AvgIpc) is 3.06. The Morgan fingerprint density at radius 2 is 1.85 bits per heavy atom. The summed E-state index contributed by atoms with van der Waals surface area (Å²) < 4.78 is 0. The molecule has 1 aliphatic rings. The van der Waals surface area contributed by atoms with Gasteiger partial charge in [0.05, 0.1) is 0 Å². The van der Waals surface area contributed by atoms with Crippen LogP contribution in [-0.2, 0) is 19.6 Å². The van der Waals surface area contributed by atoms with Gasteiger partial charge in [-0.3, -0.25) is 4.79 Å². The number of anilines is 1. The second-order valence-electron chi connectivity index (χ2n) is 6.72. The van der Waals surface area contributed by atoms with E-state index in [9.17, 15) is 9.59 Å². The van der Waals surface area contributed by atoms with E-state index in [0.29, 0.717) is 17.8 Å². The molecule has 144 valence electrons. The third kappa shape index (κ3) is 5.70. The molecule has 0 saturated heterocycles. The smallest absolute Gasteiger partial charge is 0.319 e. The van der Waals surface area contributed by atoms with Gasteiger partial charge in [-0.05, 0) is 48.7 Å². The van der Waals surface area contributed by atoms with E-state index in [0.717, 1.165) is 18.7 Å². The molecule has 0 aromatic heterocycles. The highest BCUT2D eigenvalue weighted by Gasteiger charge is 2.11. The van der Waals surface area contributed by atoms with Crippen LogP contribution in [0, 0.1) is 0 Å². The molecular weight excluding hydrogens is 364 g/mol. The number of rotatable bonds is 5. The zero-order valence-corrected chi connectivity index (χ0v) is 16.3. The van der Waals surface area contributed by atoms with Crippen LogP contribution >= 0.6 is 12.4 Å². The van der Waals surface area contributed by atoms with Gasteiger partial charge in [-0.25, -0.2) is 4.79 Å². The Hall–Kier alpha value is -2.57. The SMILES string of the molecule is CC(C)NC(=O)Nc1cccc(C(=O)NCc2ccc3c(c2)CNC3)c1.Cl. The zero-order valence-electron chi connectivity index (χ0n) is 15.5. The molecule has 0 fully saturated rings. The summed E-state index contributed by atoms with van der Waals surface area (Å²) in [6.45, 7) is 6.03. The van der Waals surface area contributed by atoms with Gasteiger partial charge < -0.3 is 21.3 Å². The maximum absolute atomic E-state index is 12.4. The monoisotopic (exact) mass is 388 g/mol. The Bertz CT molecular complexity index is 823. The van der Waals surface area contributed by atoms with Crippen molar-refractivity contribution in [3.8, 4) is 0 Å². The van der Waals surface area contributed by atoms with Gasteiger partial charge in [-0.15, -0.1) is 12.4 Å². The van der Waals surface area contributed by atoms with Crippen molar-refractivity contribution in [3.63, 3.8) is 0 Å². The summed E-state index contributed by atoms with van der Waals surface area (Å²) >= 11 is 0. The van der Waals surface area contributed by atoms with Crippen molar-refractivity contribution in [3.05, 3.63) is 64.7 Å². The van der Waals surface area contributed by atoms with Gasteiger partial charge in [-0.1, -0.05) is 24.3 Å². The number of halogens is 1. The number of nitrogens with one attached hydrogen (secondary N) is 4. The van der Waals surface area contributed by atoms with Gasteiger partial charge in [0.25, 0.3) is 5.91 Å². The van der Waals surface area contributed by atoms with Crippen LogP contribution in [0.15, 0.2) is 42.5 Å². The molecule has 3 amide bonds. The second kappa shape index (κ2) is 9.39. The summed E-state index contributed by atoms with van der Waals surface area (Å²) in [4.78, 5) is 24.2. The maximum atomic E-state index is 12.4. The van der Waals surface area contributed by atoms with E-state index in [1.54, 1.807) is 24.3 Å². The lowest BCUT2D eigenvalue weighted by molar-refractivity contribution is 0.0951. The lowest BCUT2D eigenvalue weighted by atomic mass is 10.1. The Morgan fingerprint density at radius 3 is 2.63 bits per heavy atom. The molecule has 1 aliphatic heterocycles. The lowest BCUT2D eigenvalue weighted by Crippen LogP contribution is -2.34. The minimum absolute atomic E-state index is 0. The van der Waals surface area contributed by atoms with Crippen LogP contribution in [-0.4, -0.2) is 18.0 Å². The second-order valence-corrected chi connectivity index (χ2v) is 6.72. The van der Waals surface area contributed by atoms with Crippen molar-refractivity contribution in [1.82, 2.24) is 16.0 Å². The number of hydrogen-bond donors (Lipinski definition) is 4. The fourth-order valence-electron chi connectivity index (χ4n) is 2.91. The zero-order chi connectivity index (χ0) is 18.5. The van der Waals surface area contributed by atoms with E-state index in [2.05, 4.69) is 33.4 Å². The molecule has 2 aromatic carbocycles. The van der Waals surface area contributed by atoms with Crippen molar-refractivity contribution in [2.24, 2.45) is 0 Å². The Labute approximate surface area is 165 Å². The molecule has 3 rings (SSSR count). The van der Waals surface area contributed by atoms with E-state index >= 15 is 0 Å². The summed E-state index contributed by atoms with van der Waals surface area (Å²) in [6.07, 6.45) is 0. The van der Waals surface area contributed by atoms with Gasteiger partial charge in [0, 0.05) is 36.9 Å². The molecular formula is C20H25ClN4O2. The van der Waals surface area contributed by atoms with Crippen LogP contribution in [0.1, 0.15) is 40.9 Å². The largest absolute Gasteiger partial charge is 0.348 e. The Morgan fingerprint density at radius 1 is 1.07 bits per heavy atom. The Balaban J connectivity index is 0.00000261. The molecule has 0 saturated carbocycles. The van der Waals surface area contributed by atoms with Crippen LogP contribution in [0.25, 0.3) is 0 Å². The normalized spacial score (nSPS) is 12.1. The van der Waals surface area contributed by atoms with E-state index in [-0.39, 0.29) is 30.4 Å². The molecule has 0 radical (unpaired) electrons. The summed E-state index contributed by atoms with van der Waals surface area (Å²) in [5.74, 6) is -0.170. The van der Waals surface area contributed by atoms with Crippen LogP contribution in [0.3, 0.4) is 0 Å². The first-order valence-corrected chi connectivity index (χ1v) is 8.78. The third-order valence-corrected chi connectivity index (χ3v) is 4.16. The minimum Gasteiger partial charge on any atom is -0.348 e. The third-order valence-electron chi connectivity index (χ3n) is 4.16. The van der Waals surface area contributed by atoms with Gasteiger partial charge >= 0.3 is 6.03 Å². The predicted octanol–water partition coefficient (Wildman–Crippen LogP) is 3.17. The average molecular weight is 389 g/mol. The topological polar surface area (TPSA) is 82.3 Å². The number of amides is 3. The van der Waals surface area contributed by atoms with Crippen LogP contribution in [0.5, 0.6) is 0 Å². The molecule has 7 heteroatoms. The number of fused-ring (bicyclic) bond motifs is 1. The van der Waals surface area contributed by atoms with Gasteiger partial charge in [0.2, 0.25) is 0 Å². The van der Waals surface area contributed by atoms with Crippen LogP contribution in [0.2, 0.25) is 0 Å². The maximum Gasteiger partial charge on any atom is 0.319 e. The van der Waals surface area contributed by atoms with E-state index in [4.69, 9.17) is 0 Å². The molecule has 6 nitrogen and oxygen atoms in total. The summed E-state index contributed by atoms with van der Waals surface area (Å²) in [6, 6.07) is 12.9. The fourth-order valence-corrected chi connectivity index (χ4v) is 2.91. The number of carbonyl (C=O) groups is 2. The molecule has 0 atom stereocenters. The van der Waals surface area contributed by atoms with Crippen molar-refractivity contribution < 1.29 is 9.59 Å². The van der Waals surface area contributed by atoms with E-state index in [1.165, 1.54) is 11.1 Å². The molecule has 27 heavy (non-hydrogen) atoms. The molecule has 2 aromatic rings. The molecule has 4 N–H and O–H groups in total. The molecule has 0 unspecified atom stereocenters.